The SMILES string of the molecule is CCCS(=O)(=O)N1CCCC1C(=O)N1CCN(c2ccc(F)cc2)CC1. The van der Waals surface area contributed by atoms with E-state index in [0.29, 0.717) is 45.6 Å². The number of hydrogen-bond donors (Lipinski definition) is 0. The summed E-state index contributed by atoms with van der Waals surface area (Å²) in [6, 6.07) is 5.79. The molecule has 0 spiro atoms. The molecule has 0 N–H and O–H groups in total. The highest BCUT2D eigenvalue weighted by molar-refractivity contribution is 7.89. The van der Waals surface area contributed by atoms with Crippen LogP contribution in [0.5, 0.6) is 0 Å². The monoisotopic (exact) mass is 383 g/mol. The van der Waals surface area contributed by atoms with Crippen molar-refractivity contribution in [1.29, 1.82) is 0 Å². The molecule has 0 aliphatic carbocycles. The van der Waals surface area contributed by atoms with Gasteiger partial charge < -0.3 is 9.80 Å². The molecule has 1 amide bonds. The molecule has 0 saturated carbocycles. The average Bonchev–Trinajstić information content (AvgIpc) is 3.13. The molecule has 0 radical (unpaired) electrons. The van der Waals surface area contributed by atoms with Gasteiger partial charge in [0.2, 0.25) is 15.9 Å². The third-order valence-corrected chi connectivity index (χ3v) is 7.17. The van der Waals surface area contributed by atoms with Crippen LogP contribution in [0, 0.1) is 5.82 Å². The Morgan fingerprint density at radius 2 is 1.77 bits per heavy atom. The summed E-state index contributed by atoms with van der Waals surface area (Å²) in [6.07, 6.45) is 1.88. The second-order valence-corrected chi connectivity index (χ2v) is 8.91. The number of amides is 1. The van der Waals surface area contributed by atoms with Crippen LogP contribution in [0.25, 0.3) is 0 Å². The van der Waals surface area contributed by atoms with Crippen molar-refractivity contribution < 1.29 is 17.6 Å². The highest BCUT2D eigenvalue weighted by Gasteiger charge is 2.40. The molecule has 2 aliphatic rings. The van der Waals surface area contributed by atoms with Crippen molar-refractivity contribution in [3.8, 4) is 0 Å². The summed E-state index contributed by atoms with van der Waals surface area (Å²) < 4.78 is 39.3. The Hall–Kier alpha value is -1.67. The Balaban J connectivity index is 1.62. The van der Waals surface area contributed by atoms with E-state index in [1.54, 1.807) is 17.0 Å². The van der Waals surface area contributed by atoms with Gasteiger partial charge in [0.25, 0.3) is 0 Å². The molecule has 1 aromatic rings. The van der Waals surface area contributed by atoms with E-state index in [0.717, 1.165) is 12.1 Å². The van der Waals surface area contributed by atoms with E-state index in [1.165, 1.54) is 16.4 Å². The number of anilines is 1. The first kappa shape index (κ1) is 19.1. The zero-order chi connectivity index (χ0) is 18.7. The Morgan fingerprint density at radius 1 is 1.12 bits per heavy atom. The van der Waals surface area contributed by atoms with Crippen LogP contribution in [0.3, 0.4) is 0 Å². The van der Waals surface area contributed by atoms with Gasteiger partial charge in [-0.25, -0.2) is 12.8 Å². The molecule has 26 heavy (non-hydrogen) atoms. The van der Waals surface area contributed by atoms with Crippen molar-refractivity contribution in [1.82, 2.24) is 9.21 Å². The first-order chi connectivity index (χ1) is 12.4. The first-order valence-corrected chi connectivity index (χ1v) is 10.8. The van der Waals surface area contributed by atoms with Crippen molar-refractivity contribution in [3.63, 3.8) is 0 Å². The summed E-state index contributed by atoms with van der Waals surface area (Å²) in [5.41, 5.74) is 0.937. The molecule has 144 valence electrons. The zero-order valence-corrected chi connectivity index (χ0v) is 15.9. The van der Waals surface area contributed by atoms with Crippen LogP contribution < -0.4 is 4.90 Å². The fraction of sp³-hybridized carbons (Fsp3) is 0.611. The lowest BCUT2D eigenvalue weighted by Crippen LogP contribution is -2.54. The number of carbonyl (C=O) groups excluding carboxylic acids is 1. The number of nitrogens with zero attached hydrogens (tertiary/aromatic N) is 3. The fourth-order valence-electron chi connectivity index (χ4n) is 3.74. The summed E-state index contributed by atoms with van der Waals surface area (Å²) in [5, 5.41) is 0. The molecule has 6 nitrogen and oxygen atoms in total. The summed E-state index contributed by atoms with van der Waals surface area (Å²) in [6.45, 7) is 4.69. The highest BCUT2D eigenvalue weighted by Crippen LogP contribution is 2.25. The molecule has 0 aromatic heterocycles. The Kier molecular flexibility index (Phi) is 5.82. The molecule has 8 heteroatoms. The van der Waals surface area contributed by atoms with E-state index in [2.05, 4.69) is 4.90 Å². The molecule has 1 unspecified atom stereocenters. The predicted octanol–water partition coefficient (Wildman–Crippen LogP) is 1.68. The highest BCUT2D eigenvalue weighted by atomic mass is 32.2. The summed E-state index contributed by atoms with van der Waals surface area (Å²) in [4.78, 5) is 16.8. The van der Waals surface area contributed by atoms with Gasteiger partial charge in [-0.15, -0.1) is 0 Å². The van der Waals surface area contributed by atoms with Gasteiger partial charge in [0.15, 0.2) is 0 Å². The number of rotatable bonds is 5. The molecular weight excluding hydrogens is 357 g/mol. The largest absolute Gasteiger partial charge is 0.368 e. The smallest absolute Gasteiger partial charge is 0.241 e. The molecule has 1 atom stereocenters. The van der Waals surface area contributed by atoms with Crippen molar-refractivity contribution >= 4 is 21.6 Å². The van der Waals surface area contributed by atoms with Gasteiger partial charge >= 0.3 is 0 Å². The van der Waals surface area contributed by atoms with Gasteiger partial charge in [-0.1, -0.05) is 6.92 Å². The Labute approximate surface area is 154 Å². The van der Waals surface area contributed by atoms with Crippen LogP contribution in [0.4, 0.5) is 10.1 Å². The lowest BCUT2D eigenvalue weighted by molar-refractivity contribution is -0.134. The second kappa shape index (κ2) is 7.92. The quantitative estimate of drug-likeness (QED) is 0.776. The number of sulfonamides is 1. The zero-order valence-electron chi connectivity index (χ0n) is 15.1. The summed E-state index contributed by atoms with van der Waals surface area (Å²) >= 11 is 0. The van der Waals surface area contributed by atoms with Crippen molar-refractivity contribution in [2.24, 2.45) is 0 Å². The van der Waals surface area contributed by atoms with Gasteiger partial charge in [-0.2, -0.15) is 4.31 Å². The molecular formula is C18H26FN3O3S. The topological polar surface area (TPSA) is 60.9 Å². The minimum Gasteiger partial charge on any atom is -0.368 e. The van der Waals surface area contributed by atoms with Crippen LogP contribution in [-0.2, 0) is 14.8 Å². The van der Waals surface area contributed by atoms with Crippen LogP contribution >= 0.6 is 0 Å². The predicted molar refractivity (Wildman–Crippen MR) is 99.0 cm³/mol. The van der Waals surface area contributed by atoms with E-state index >= 15 is 0 Å². The minimum atomic E-state index is -3.36. The Bertz CT molecular complexity index is 731. The molecule has 2 aliphatic heterocycles. The molecule has 2 fully saturated rings. The summed E-state index contributed by atoms with van der Waals surface area (Å²) in [5.74, 6) is -0.257. The van der Waals surface area contributed by atoms with E-state index < -0.39 is 16.1 Å². The lowest BCUT2D eigenvalue weighted by Gasteiger charge is -2.38. The van der Waals surface area contributed by atoms with E-state index in [4.69, 9.17) is 0 Å². The Morgan fingerprint density at radius 3 is 2.38 bits per heavy atom. The number of carbonyl (C=O) groups is 1. The van der Waals surface area contributed by atoms with Crippen LogP contribution in [-0.4, -0.2) is 68.0 Å². The minimum absolute atomic E-state index is 0.0825. The van der Waals surface area contributed by atoms with Crippen molar-refractivity contribution in [2.75, 3.05) is 43.4 Å². The van der Waals surface area contributed by atoms with Gasteiger partial charge in [-0.05, 0) is 43.5 Å². The molecule has 2 heterocycles. The van der Waals surface area contributed by atoms with Crippen molar-refractivity contribution in [3.05, 3.63) is 30.1 Å². The third kappa shape index (κ3) is 4.01. The maximum Gasteiger partial charge on any atom is 0.241 e. The maximum absolute atomic E-state index is 13.1. The van der Waals surface area contributed by atoms with Crippen LogP contribution in [0.1, 0.15) is 26.2 Å². The summed E-state index contributed by atoms with van der Waals surface area (Å²) in [7, 11) is -3.36. The van der Waals surface area contributed by atoms with Gasteiger partial charge in [0.1, 0.15) is 11.9 Å². The van der Waals surface area contributed by atoms with E-state index in [9.17, 15) is 17.6 Å². The molecule has 2 saturated heterocycles. The van der Waals surface area contributed by atoms with Gasteiger partial charge in [0, 0.05) is 38.4 Å². The average molecular weight is 383 g/mol. The first-order valence-electron chi connectivity index (χ1n) is 9.21. The van der Waals surface area contributed by atoms with Crippen molar-refractivity contribution in [2.45, 2.75) is 32.2 Å². The lowest BCUT2D eigenvalue weighted by atomic mass is 10.1. The van der Waals surface area contributed by atoms with Gasteiger partial charge in [0.05, 0.1) is 5.75 Å². The van der Waals surface area contributed by atoms with Crippen LogP contribution in [0.2, 0.25) is 0 Å². The van der Waals surface area contributed by atoms with Crippen LogP contribution in [0.15, 0.2) is 24.3 Å². The number of hydrogen-bond acceptors (Lipinski definition) is 4. The number of piperazine rings is 1. The van der Waals surface area contributed by atoms with E-state index in [1.807, 2.05) is 6.92 Å². The molecule has 0 bridgehead atoms. The second-order valence-electron chi connectivity index (χ2n) is 6.87. The fourth-order valence-corrected chi connectivity index (χ4v) is 5.48. The number of halogens is 1. The third-order valence-electron chi connectivity index (χ3n) is 5.09. The standard InChI is InChI=1S/C18H26FN3O3S/c1-2-14-26(24,25)22-9-3-4-17(22)18(23)21-12-10-20(11-13-21)16-7-5-15(19)6-8-16/h5-8,17H,2-4,9-14H2,1H3. The number of benzene rings is 1. The molecule has 3 rings (SSSR count). The van der Waals surface area contributed by atoms with E-state index in [-0.39, 0.29) is 17.5 Å². The normalized spacial score (nSPS) is 22.0. The maximum atomic E-state index is 13.1. The molecule has 1 aromatic carbocycles. The van der Waals surface area contributed by atoms with Gasteiger partial charge in [-0.3, -0.25) is 4.79 Å².